The molecule has 0 aliphatic heterocycles. The number of carboxylic acid groups (broad SMARTS) is 1. The van der Waals surface area contributed by atoms with Crippen LogP contribution in [0, 0.1) is 0 Å². The summed E-state index contributed by atoms with van der Waals surface area (Å²) in [5.74, 6) is -1.12. The molecule has 0 atom stereocenters. The normalized spacial score (nSPS) is 11.5. The van der Waals surface area contributed by atoms with Crippen LogP contribution in [0.1, 0.15) is 16.6 Å². The van der Waals surface area contributed by atoms with Gasteiger partial charge in [-0.05, 0) is 12.1 Å². The smallest absolute Gasteiger partial charge is 0.345 e. The Bertz CT molecular complexity index is 434. The minimum Gasteiger partial charge on any atom is -0.477 e. The van der Waals surface area contributed by atoms with E-state index in [1.165, 1.54) is 12.1 Å². The van der Waals surface area contributed by atoms with Crippen LogP contribution in [0.4, 0.5) is 0 Å². The molecule has 1 aromatic heterocycles. The van der Waals surface area contributed by atoms with Gasteiger partial charge in [-0.2, -0.15) is 0 Å². The molecule has 1 aromatic rings. The number of rotatable bonds is 4. The standard InChI is InChI=1S/C7H9NO4S2/c1-2-8-14(11,12)6-4-3-5(13-6)7(9)10/h3-4,8H,2H2,1H3,(H,9,10). The van der Waals surface area contributed by atoms with Crippen LogP contribution in [0.15, 0.2) is 16.3 Å². The zero-order valence-corrected chi connectivity index (χ0v) is 8.98. The van der Waals surface area contributed by atoms with E-state index in [0.29, 0.717) is 0 Å². The number of nitrogens with one attached hydrogen (secondary N) is 1. The summed E-state index contributed by atoms with van der Waals surface area (Å²) in [6.07, 6.45) is 0. The lowest BCUT2D eigenvalue weighted by molar-refractivity contribution is 0.0702. The highest BCUT2D eigenvalue weighted by Gasteiger charge is 2.17. The molecule has 0 aliphatic carbocycles. The number of hydrogen-bond donors (Lipinski definition) is 2. The zero-order chi connectivity index (χ0) is 10.8. The molecule has 0 aromatic carbocycles. The maximum absolute atomic E-state index is 11.4. The fourth-order valence-electron chi connectivity index (χ4n) is 0.841. The molecule has 0 saturated heterocycles. The van der Waals surface area contributed by atoms with E-state index in [2.05, 4.69) is 4.72 Å². The predicted molar refractivity (Wildman–Crippen MR) is 52.1 cm³/mol. The Labute approximate surface area is 85.4 Å². The Morgan fingerprint density at radius 2 is 2.21 bits per heavy atom. The lowest BCUT2D eigenvalue weighted by Gasteiger charge is -1.99. The molecule has 0 amide bonds. The van der Waals surface area contributed by atoms with Gasteiger partial charge in [-0.15, -0.1) is 11.3 Å². The molecule has 0 aliphatic rings. The fraction of sp³-hybridized carbons (Fsp3) is 0.286. The lowest BCUT2D eigenvalue weighted by atomic mass is 10.5. The van der Waals surface area contributed by atoms with Crippen LogP contribution in [0.3, 0.4) is 0 Å². The highest BCUT2D eigenvalue weighted by molar-refractivity contribution is 7.91. The molecule has 0 spiro atoms. The topological polar surface area (TPSA) is 83.5 Å². The van der Waals surface area contributed by atoms with E-state index in [9.17, 15) is 13.2 Å². The van der Waals surface area contributed by atoms with E-state index < -0.39 is 16.0 Å². The Morgan fingerprint density at radius 3 is 2.64 bits per heavy atom. The Kier molecular flexibility index (Phi) is 3.25. The summed E-state index contributed by atoms with van der Waals surface area (Å²) < 4.78 is 25.1. The van der Waals surface area contributed by atoms with Crippen molar-refractivity contribution in [2.75, 3.05) is 6.54 Å². The maximum Gasteiger partial charge on any atom is 0.345 e. The third kappa shape index (κ3) is 2.31. The molecule has 0 bridgehead atoms. The number of carbonyl (C=O) groups is 1. The highest BCUT2D eigenvalue weighted by atomic mass is 32.2. The number of hydrogen-bond acceptors (Lipinski definition) is 4. The van der Waals surface area contributed by atoms with Crippen LogP contribution in [-0.2, 0) is 10.0 Å². The van der Waals surface area contributed by atoms with Gasteiger partial charge in [-0.25, -0.2) is 17.9 Å². The van der Waals surface area contributed by atoms with Gasteiger partial charge in [0.15, 0.2) is 0 Å². The molecule has 5 nitrogen and oxygen atoms in total. The molecule has 0 fully saturated rings. The second-order valence-corrected chi connectivity index (χ2v) is 5.50. The molecule has 2 N–H and O–H groups in total. The second kappa shape index (κ2) is 4.07. The number of sulfonamides is 1. The third-order valence-corrected chi connectivity index (χ3v) is 4.50. The molecule has 78 valence electrons. The van der Waals surface area contributed by atoms with E-state index in [1.54, 1.807) is 6.92 Å². The van der Waals surface area contributed by atoms with Crippen LogP contribution in [0.2, 0.25) is 0 Å². The molecule has 1 rings (SSSR count). The minimum absolute atomic E-state index is 0.0153. The molecule has 0 radical (unpaired) electrons. The molecule has 0 unspecified atom stereocenters. The third-order valence-electron chi connectivity index (χ3n) is 1.39. The zero-order valence-electron chi connectivity index (χ0n) is 7.35. The van der Waals surface area contributed by atoms with Crippen molar-refractivity contribution in [2.45, 2.75) is 11.1 Å². The van der Waals surface area contributed by atoms with Gasteiger partial charge >= 0.3 is 5.97 Å². The van der Waals surface area contributed by atoms with E-state index in [-0.39, 0.29) is 15.6 Å². The van der Waals surface area contributed by atoms with Crippen LogP contribution in [0.25, 0.3) is 0 Å². The van der Waals surface area contributed by atoms with E-state index in [1.807, 2.05) is 0 Å². The van der Waals surface area contributed by atoms with Gasteiger partial charge < -0.3 is 5.11 Å². The van der Waals surface area contributed by atoms with Crippen molar-refractivity contribution in [3.05, 3.63) is 17.0 Å². The second-order valence-electron chi connectivity index (χ2n) is 2.43. The first kappa shape index (κ1) is 11.2. The van der Waals surface area contributed by atoms with Gasteiger partial charge in [0.05, 0.1) is 0 Å². The summed E-state index contributed by atoms with van der Waals surface area (Å²) in [5.41, 5.74) is 0. The minimum atomic E-state index is -3.52. The summed E-state index contributed by atoms with van der Waals surface area (Å²) in [4.78, 5) is 10.5. The van der Waals surface area contributed by atoms with Crippen LogP contribution in [-0.4, -0.2) is 26.0 Å². The summed E-state index contributed by atoms with van der Waals surface area (Å²) in [7, 11) is -3.52. The van der Waals surface area contributed by atoms with Crippen molar-refractivity contribution >= 4 is 27.3 Å². The van der Waals surface area contributed by atoms with Crippen molar-refractivity contribution in [1.82, 2.24) is 4.72 Å². The van der Waals surface area contributed by atoms with Crippen molar-refractivity contribution in [2.24, 2.45) is 0 Å². The molecular weight excluding hydrogens is 226 g/mol. The van der Waals surface area contributed by atoms with E-state index in [4.69, 9.17) is 5.11 Å². The Balaban J connectivity index is 3.03. The Hall–Kier alpha value is -0.920. The SMILES string of the molecule is CCNS(=O)(=O)c1ccc(C(=O)O)s1. The predicted octanol–water partition coefficient (Wildman–Crippen LogP) is 0.744. The van der Waals surface area contributed by atoms with Gasteiger partial charge in [0.25, 0.3) is 0 Å². The first-order valence-electron chi connectivity index (χ1n) is 3.80. The largest absolute Gasteiger partial charge is 0.477 e. The number of carboxylic acids is 1. The number of aromatic carboxylic acids is 1. The van der Waals surface area contributed by atoms with Crippen molar-refractivity contribution in [3.8, 4) is 0 Å². The van der Waals surface area contributed by atoms with Gasteiger partial charge in [-0.3, -0.25) is 0 Å². The molecule has 0 saturated carbocycles. The lowest BCUT2D eigenvalue weighted by Crippen LogP contribution is -2.22. The van der Waals surface area contributed by atoms with E-state index in [0.717, 1.165) is 11.3 Å². The quantitative estimate of drug-likeness (QED) is 0.806. The molecule has 1 heterocycles. The van der Waals surface area contributed by atoms with Crippen LogP contribution in [0.5, 0.6) is 0 Å². The summed E-state index contributed by atoms with van der Waals surface area (Å²) in [6, 6.07) is 2.56. The van der Waals surface area contributed by atoms with Gasteiger partial charge in [-0.1, -0.05) is 6.92 Å². The summed E-state index contributed by atoms with van der Waals surface area (Å²) in [6.45, 7) is 1.94. The number of thiophene rings is 1. The summed E-state index contributed by atoms with van der Waals surface area (Å²) >= 11 is 0.738. The highest BCUT2D eigenvalue weighted by Crippen LogP contribution is 2.20. The van der Waals surface area contributed by atoms with Crippen molar-refractivity contribution in [1.29, 1.82) is 0 Å². The Morgan fingerprint density at radius 1 is 1.57 bits per heavy atom. The maximum atomic E-state index is 11.4. The van der Waals surface area contributed by atoms with E-state index >= 15 is 0 Å². The molecule has 14 heavy (non-hydrogen) atoms. The fourth-order valence-corrected chi connectivity index (χ4v) is 3.07. The van der Waals surface area contributed by atoms with Crippen LogP contribution < -0.4 is 4.72 Å². The van der Waals surface area contributed by atoms with Crippen molar-refractivity contribution < 1.29 is 18.3 Å². The summed E-state index contributed by atoms with van der Waals surface area (Å²) in [5, 5.41) is 8.59. The average Bonchev–Trinajstić information content (AvgIpc) is 2.51. The van der Waals surface area contributed by atoms with Gasteiger partial charge in [0.1, 0.15) is 9.09 Å². The first-order valence-corrected chi connectivity index (χ1v) is 6.10. The van der Waals surface area contributed by atoms with Gasteiger partial charge in [0, 0.05) is 6.54 Å². The first-order chi connectivity index (χ1) is 6.47. The molecular formula is C7H9NO4S2. The molecule has 7 heteroatoms. The van der Waals surface area contributed by atoms with Gasteiger partial charge in [0.2, 0.25) is 10.0 Å². The monoisotopic (exact) mass is 235 g/mol. The average molecular weight is 235 g/mol. The van der Waals surface area contributed by atoms with Crippen molar-refractivity contribution in [3.63, 3.8) is 0 Å². The van der Waals surface area contributed by atoms with Crippen LogP contribution >= 0.6 is 11.3 Å².